The van der Waals surface area contributed by atoms with Gasteiger partial charge >= 0.3 is 0 Å². The molecule has 1 rings (SSSR count). The lowest BCUT2D eigenvalue weighted by molar-refractivity contribution is 0.199. The molecule has 0 fully saturated rings. The number of halogens is 1. The van der Waals surface area contributed by atoms with Crippen molar-refractivity contribution in [2.75, 3.05) is 19.5 Å². The molecule has 2 N–H and O–H groups in total. The normalized spacial score (nSPS) is 11.7. The predicted molar refractivity (Wildman–Crippen MR) is 68.3 cm³/mol. The summed E-state index contributed by atoms with van der Waals surface area (Å²) in [6.07, 6.45) is 0.437. The smallest absolute Gasteiger partial charge is 0.154 e. The fraction of sp³-hybridized carbons (Fsp3) is 0.500. The van der Waals surface area contributed by atoms with Gasteiger partial charge in [0.2, 0.25) is 0 Å². The summed E-state index contributed by atoms with van der Waals surface area (Å²) >= 11 is 0. The Balaban J connectivity index is 2.79. The number of benzene rings is 1. The first kappa shape index (κ1) is 15.1. The SMILES string of the molecule is COCCCS(=O)(=O)Cc1cc(F)ccc1CN. The summed E-state index contributed by atoms with van der Waals surface area (Å²) in [5.74, 6) is -0.600. The van der Waals surface area contributed by atoms with Gasteiger partial charge in [0.15, 0.2) is 9.84 Å². The van der Waals surface area contributed by atoms with Crippen LogP contribution in [0.15, 0.2) is 18.2 Å². The van der Waals surface area contributed by atoms with E-state index in [4.69, 9.17) is 10.5 Å². The Morgan fingerprint density at radius 3 is 2.67 bits per heavy atom. The molecule has 6 heteroatoms. The van der Waals surface area contributed by atoms with Gasteiger partial charge in [0, 0.05) is 20.3 Å². The minimum Gasteiger partial charge on any atom is -0.385 e. The van der Waals surface area contributed by atoms with Gasteiger partial charge in [-0.2, -0.15) is 0 Å². The van der Waals surface area contributed by atoms with Gasteiger partial charge < -0.3 is 10.5 Å². The third-order valence-corrected chi connectivity index (χ3v) is 4.23. The zero-order valence-corrected chi connectivity index (χ0v) is 11.2. The van der Waals surface area contributed by atoms with E-state index in [1.165, 1.54) is 25.3 Å². The molecule has 0 aliphatic heterocycles. The van der Waals surface area contributed by atoms with Crippen LogP contribution in [0.5, 0.6) is 0 Å². The average molecular weight is 275 g/mol. The minimum atomic E-state index is -3.26. The highest BCUT2D eigenvalue weighted by molar-refractivity contribution is 7.90. The number of hydrogen-bond donors (Lipinski definition) is 1. The monoisotopic (exact) mass is 275 g/mol. The molecule has 0 aromatic heterocycles. The van der Waals surface area contributed by atoms with E-state index in [0.29, 0.717) is 24.2 Å². The van der Waals surface area contributed by atoms with E-state index < -0.39 is 15.7 Å². The topological polar surface area (TPSA) is 69.4 Å². The summed E-state index contributed by atoms with van der Waals surface area (Å²) in [7, 11) is -1.74. The van der Waals surface area contributed by atoms with Crippen LogP contribution in [0.25, 0.3) is 0 Å². The van der Waals surface area contributed by atoms with Gasteiger partial charge in [0.1, 0.15) is 5.82 Å². The molecule has 0 saturated carbocycles. The lowest BCUT2D eigenvalue weighted by Gasteiger charge is -2.09. The first-order chi connectivity index (χ1) is 8.48. The van der Waals surface area contributed by atoms with Crippen molar-refractivity contribution in [2.24, 2.45) is 5.73 Å². The summed E-state index contributed by atoms with van der Waals surface area (Å²) in [6.45, 7) is 0.593. The molecule has 1 aromatic carbocycles. The van der Waals surface area contributed by atoms with E-state index in [9.17, 15) is 12.8 Å². The highest BCUT2D eigenvalue weighted by atomic mass is 32.2. The highest BCUT2D eigenvalue weighted by Gasteiger charge is 2.14. The molecule has 0 saturated heterocycles. The third-order valence-electron chi connectivity index (χ3n) is 2.57. The van der Waals surface area contributed by atoms with Gasteiger partial charge in [-0.25, -0.2) is 12.8 Å². The Morgan fingerprint density at radius 2 is 2.06 bits per heavy atom. The molecule has 0 aliphatic rings. The first-order valence-corrected chi connectivity index (χ1v) is 7.47. The zero-order valence-electron chi connectivity index (χ0n) is 10.4. The molecule has 4 nitrogen and oxygen atoms in total. The lowest BCUT2D eigenvalue weighted by atomic mass is 10.1. The summed E-state index contributed by atoms with van der Waals surface area (Å²) in [4.78, 5) is 0. The number of ether oxygens (including phenoxy) is 1. The lowest BCUT2D eigenvalue weighted by Crippen LogP contribution is -2.13. The van der Waals surface area contributed by atoms with Crippen molar-refractivity contribution in [1.82, 2.24) is 0 Å². The van der Waals surface area contributed by atoms with Gasteiger partial charge in [-0.1, -0.05) is 6.07 Å². The van der Waals surface area contributed by atoms with Crippen LogP contribution in [0.1, 0.15) is 17.5 Å². The van der Waals surface area contributed by atoms with Crippen LogP contribution in [-0.2, 0) is 26.9 Å². The van der Waals surface area contributed by atoms with E-state index in [0.717, 1.165) is 0 Å². The molecule has 0 radical (unpaired) electrons. The Labute approximate surface area is 107 Å². The van der Waals surface area contributed by atoms with Crippen LogP contribution in [0.4, 0.5) is 4.39 Å². The third kappa shape index (κ3) is 4.72. The molecule has 0 bridgehead atoms. The van der Waals surface area contributed by atoms with Crippen molar-refractivity contribution in [3.63, 3.8) is 0 Å². The number of methoxy groups -OCH3 is 1. The van der Waals surface area contributed by atoms with Crippen LogP contribution >= 0.6 is 0 Å². The number of nitrogens with two attached hydrogens (primary N) is 1. The van der Waals surface area contributed by atoms with E-state index >= 15 is 0 Å². The maximum absolute atomic E-state index is 13.1. The Morgan fingerprint density at radius 1 is 1.33 bits per heavy atom. The second-order valence-corrected chi connectivity index (χ2v) is 6.24. The summed E-state index contributed by atoms with van der Waals surface area (Å²) < 4.78 is 41.6. The van der Waals surface area contributed by atoms with Gasteiger partial charge in [0.05, 0.1) is 11.5 Å². The van der Waals surface area contributed by atoms with Crippen molar-refractivity contribution >= 4 is 9.84 Å². The average Bonchev–Trinajstić information content (AvgIpc) is 2.29. The first-order valence-electron chi connectivity index (χ1n) is 5.65. The Hall–Kier alpha value is -0.980. The van der Waals surface area contributed by atoms with Gasteiger partial charge in [-0.3, -0.25) is 0 Å². The number of rotatable bonds is 7. The summed E-state index contributed by atoms with van der Waals surface area (Å²) in [5, 5.41) is 0. The molecule has 0 spiro atoms. The van der Waals surface area contributed by atoms with Crippen molar-refractivity contribution in [1.29, 1.82) is 0 Å². The van der Waals surface area contributed by atoms with Crippen LogP contribution < -0.4 is 5.73 Å². The molecule has 1 aromatic rings. The second-order valence-electron chi connectivity index (χ2n) is 4.06. The molecule has 0 amide bonds. The highest BCUT2D eigenvalue weighted by Crippen LogP contribution is 2.15. The van der Waals surface area contributed by atoms with Crippen molar-refractivity contribution in [3.05, 3.63) is 35.1 Å². The Kier molecular flexibility index (Phi) is 5.71. The van der Waals surface area contributed by atoms with Gasteiger partial charge in [-0.15, -0.1) is 0 Å². The summed E-state index contributed by atoms with van der Waals surface area (Å²) in [6, 6.07) is 4.04. The molecule has 0 heterocycles. The standard InChI is InChI=1S/C12H18FNO3S/c1-17-5-2-6-18(15,16)9-11-7-12(13)4-3-10(11)8-14/h3-4,7H,2,5-6,8-9,14H2,1H3. The van der Waals surface area contributed by atoms with Crippen LogP contribution in [0, 0.1) is 5.82 Å². The predicted octanol–water partition coefficient (Wildman–Crippen LogP) is 1.24. The largest absolute Gasteiger partial charge is 0.385 e. The maximum atomic E-state index is 13.1. The van der Waals surface area contributed by atoms with E-state index in [-0.39, 0.29) is 18.1 Å². The molecular weight excluding hydrogens is 257 g/mol. The zero-order chi connectivity index (χ0) is 13.6. The Bertz CT molecular complexity index is 488. The minimum absolute atomic E-state index is 0.0291. The second kappa shape index (κ2) is 6.82. The quantitative estimate of drug-likeness (QED) is 0.760. The van der Waals surface area contributed by atoms with Crippen molar-refractivity contribution in [3.8, 4) is 0 Å². The van der Waals surface area contributed by atoms with Gasteiger partial charge in [-0.05, 0) is 29.7 Å². The molecule has 0 unspecified atom stereocenters. The van der Waals surface area contributed by atoms with Gasteiger partial charge in [0.25, 0.3) is 0 Å². The summed E-state index contributed by atoms with van der Waals surface area (Å²) in [5.41, 5.74) is 6.60. The maximum Gasteiger partial charge on any atom is 0.154 e. The number of sulfone groups is 1. The number of hydrogen-bond acceptors (Lipinski definition) is 4. The molecular formula is C12H18FNO3S. The van der Waals surface area contributed by atoms with E-state index in [1.807, 2.05) is 0 Å². The van der Waals surface area contributed by atoms with Crippen molar-refractivity contribution in [2.45, 2.75) is 18.7 Å². The van der Waals surface area contributed by atoms with Crippen molar-refractivity contribution < 1.29 is 17.5 Å². The molecule has 18 heavy (non-hydrogen) atoms. The van der Waals surface area contributed by atoms with E-state index in [2.05, 4.69) is 0 Å². The van der Waals surface area contributed by atoms with Crippen LogP contribution in [0.3, 0.4) is 0 Å². The van der Waals surface area contributed by atoms with Crippen LogP contribution in [-0.4, -0.2) is 27.9 Å². The fourth-order valence-corrected chi connectivity index (χ4v) is 3.10. The fourth-order valence-electron chi connectivity index (χ4n) is 1.66. The molecule has 0 aliphatic carbocycles. The van der Waals surface area contributed by atoms with Crippen LogP contribution in [0.2, 0.25) is 0 Å². The molecule has 102 valence electrons. The van der Waals surface area contributed by atoms with E-state index in [1.54, 1.807) is 0 Å². The molecule has 0 atom stereocenters.